The smallest absolute Gasteiger partial charge is 0.322 e. The number of amides is 2. The summed E-state index contributed by atoms with van der Waals surface area (Å²) >= 11 is 1.55. The highest BCUT2D eigenvalue weighted by atomic mass is 32.1. The molecule has 2 aliphatic rings. The molecule has 118 valence electrons. The third-order valence-corrected chi connectivity index (χ3v) is 5.68. The molecule has 1 aromatic heterocycles. The summed E-state index contributed by atoms with van der Waals surface area (Å²) in [6.45, 7) is 4.03. The summed E-state index contributed by atoms with van der Waals surface area (Å²) < 4.78 is 0. The van der Waals surface area contributed by atoms with Gasteiger partial charge in [0.05, 0.1) is 38.3 Å². The van der Waals surface area contributed by atoms with Gasteiger partial charge in [-0.1, -0.05) is 0 Å². The number of quaternary nitrogens is 1. The number of aliphatic hydroxyl groups excluding tert-OH is 1. The summed E-state index contributed by atoms with van der Waals surface area (Å²) in [5.74, 6) is 0. The Balaban J connectivity index is 1.62. The Labute approximate surface area is 133 Å². The molecule has 6 nitrogen and oxygen atoms in total. The number of anilines is 1. The zero-order chi connectivity index (χ0) is 15.5. The van der Waals surface area contributed by atoms with Crippen molar-refractivity contribution < 1.29 is 14.8 Å². The van der Waals surface area contributed by atoms with Gasteiger partial charge in [0.15, 0.2) is 0 Å². The van der Waals surface area contributed by atoms with Gasteiger partial charge >= 0.3 is 6.03 Å². The second-order valence-electron chi connectivity index (χ2n) is 5.81. The standard InChI is InChI=1S/C15H20N4O2S/c16-10-12-11-2-1-3-13(11)22-14(12)17-15(21)19-6-4-18(5-7-19)8-9-20/h20H,1-9H2,(H,17,21)/p+1. The summed E-state index contributed by atoms with van der Waals surface area (Å²) in [5, 5.41) is 22.0. The largest absolute Gasteiger partial charge is 0.391 e. The summed E-state index contributed by atoms with van der Waals surface area (Å²) in [5.41, 5.74) is 1.80. The van der Waals surface area contributed by atoms with Crippen molar-refractivity contribution in [3.63, 3.8) is 0 Å². The number of aryl methyl sites for hydroxylation is 1. The fourth-order valence-electron chi connectivity index (χ4n) is 3.22. The number of nitrogens with one attached hydrogen (secondary N) is 2. The maximum absolute atomic E-state index is 12.4. The van der Waals surface area contributed by atoms with E-state index in [4.69, 9.17) is 5.11 Å². The average molecular weight is 321 g/mol. The quantitative estimate of drug-likeness (QED) is 0.723. The van der Waals surface area contributed by atoms with Gasteiger partial charge < -0.3 is 14.9 Å². The van der Waals surface area contributed by atoms with Gasteiger partial charge in [-0.15, -0.1) is 11.3 Å². The molecule has 1 saturated heterocycles. The number of urea groups is 1. The zero-order valence-electron chi connectivity index (χ0n) is 12.5. The molecule has 0 unspecified atom stereocenters. The van der Waals surface area contributed by atoms with Crippen molar-refractivity contribution in [1.82, 2.24) is 4.90 Å². The number of rotatable bonds is 3. The number of carbonyl (C=O) groups excluding carboxylic acids is 1. The lowest BCUT2D eigenvalue weighted by Gasteiger charge is -2.31. The number of hydrogen-bond donors (Lipinski definition) is 3. The van der Waals surface area contributed by atoms with E-state index >= 15 is 0 Å². The van der Waals surface area contributed by atoms with Crippen LogP contribution in [0.2, 0.25) is 0 Å². The van der Waals surface area contributed by atoms with Crippen LogP contribution in [0.5, 0.6) is 0 Å². The molecule has 0 spiro atoms. The van der Waals surface area contributed by atoms with E-state index in [1.807, 2.05) is 0 Å². The molecule has 2 heterocycles. The Hall–Kier alpha value is -1.62. The number of nitrogens with zero attached hydrogens (tertiary/aromatic N) is 2. The Kier molecular flexibility index (Phi) is 4.62. The third kappa shape index (κ3) is 2.95. The Morgan fingerprint density at radius 2 is 2.18 bits per heavy atom. The lowest BCUT2D eigenvalue weighted by Crippen LogP contribution is -3.15. The first kappa shape index (κ1) is 15.3. The second kappa shape index (κ2) is 6.65. The number of nitriles is 1. The molecule has 1 aromatic rings. The minimum atomic E-state index is -0.112. The normalized spacial score (nSPS) is 18.1. The van der Waals surface area contributed by atoms with E-state index in [9.17, 15) is 10.1 Å². The number of hydrogen-bond acceptors (Lipinski definition) is 4. The highest BCUT2D eigenvalue weighted by Gasteiger charge is 2.27. The molecule has 22 heavy (non-hydrogen) atoms. The predicted molar refractivity (Wildman–Crippen MR) is 84.3 cm³/mol. The van der Waals surface area contributed by atoms with E-state index in [-0.39, 0.29) is 12.6 Å². The minimum Gasteiger partial charge on any atom is -0.391 e. The van der Waals surface area contributed by atoms with Crippen LogP contribution in [-0.4, -0.2) is 55.4 Å². The van der Waals surface area contributed by atoms with Gasteiger partial charge in [-0.05, 0) is 24.8 Å². The van der Waals surface area contributed by atoms with Crippen molar-refractivity contribution >= 4 is 22.4 Å². The maximum atomic E-state index is 12.4. The molecule has 1 fully saturated rings. The van der Waals surface area contributed by atoms with E-state index in [0.717, 1.165) is 44.5 Å². The van der Waals surface area contributed by atoms with Crippen molar-refractivity contribution in [3.8, 4) is 6.07 Å². The third-order valence-electron chi connectivity index (χ3n) is 4.48. The molecule has 0 bridgehead atoms. The summed E-state index contributed by atoms with van der Waals surface area (Å²) in [4.78, 5) is 16.8. The van der Waals surface area contributed by atoms with Gasteiger partial charge in [0, 0.05) is 4.88 Å². The number of aliphatic hydroxyl groups is 1. The van der Waals surface area contributed by atoms with Crippen molar-refractivity contribution in [3.05, 3.63) is 16.0 Å². The Morgan fingerprint density at radius 1 is 1.41 bits per heavy atom. The molecule has 3 rings (SSSR count). The number of carbonyl (C=O) groups is 1. The van der Waals surface area contributed by atoms with Gasteiger partial charge in [0.2, 0.25) is 0 Å². The first-order chi connectivity index (χ1) is 10.7. The first-order valence-corrected chi connectivity index (χ1v) is 8.59. The molecule has 0 saturated carbocycles. The van der Waals surface area contributed by atoms with Crippen molar-refractivity contribution in [2.75, 3.05) is 44.6 Å². The SMILES string of the molecule is N#Cc1c(NC(=O)N2CC[NH+](CCO)CC2)sc2c1CCC2. The highest BCUT2D eigenvalue weighted by molar-refractivity contribution is 7.16. The monoisotopic (exact) mass is 321 g/mol. The Bertz CT molecular complexity index is 599. The molecular weight excluding hydrogens is 300 g/mol. The summed E-state index contributed by atoms with van der Waals surface area (Å²) in [6.07, 6.45) is 3.08. The Morgan fingerprint density at radius 3 is 2.86 bits per heavy atom. The van der Waals surface area contributed by atoms with E-state index in [2.05, 4.69) is 11.4 Å². The van der Waals surface area contributed by atoms with Gasteiger partial charge in [-0.3, -0.25) is 5.32 Å². The van der Waals surface area contributed by atoms with Gasteiger partial charge in [-0.25, -0.2) is 4.79 Å². The molecule has 3 N–H and O–H groups in total. The van der Waals surface area contributed by atoms with Crippen LogP contribution in [0.4, 0.5) is 9.80 Å². The lowest BCUT2D eigenvalue weighted by molar-refractivity contribution is -0.904. The van der Waals surface area contributed by atoms with Gasteiger partial charge in [-0.2, -0.15) is 5.26 Å². The van der Waals surface area contributed by atoms with E-state index in [1.54, 1.807) is 16.2 Å². The van der Waals surface area contributed by atoms with Crippen molar-refractivity contribution in [2.24, 2.45) is 0 Å². The van der Waals surface area contributed by atoms with Crippen LogP contribution in [0.3, 0.4) is 0 Å². The van der Waals surface area contributed by atoms with Gasteiger partial charge in [0.1, 0.15) is 17.6 Å². The number of fused-ring (bicyclic) bond motifs is 1. The molecule has 7 heteroatoms. The van der Waals surface area contributed by atoms with Crippen LogP contribution < -0.4 is 10.2 Å². The van der Waals surface area contributed by atoms with E-state index in [1.165, 1.54) is 9.78 Å². The molecule has 1 aliphatic carbocycles. The van der Waals surface area contributed by atoms with Crippen LogP contribution in [0, 0.1) is 11.3 Å². The summed E-state index contributed by atoms with van der Waals surface area (Å²) in [6, 6.07) is 2.14. The van der Waals surface area contributed by atoms with Crippen LogP contribution in [-0.2, 0) is 12.8 Å². The number of piperazine rings is 1. The minimum absolute atomic E-state index is 0.112. The summed E-state index contributed by atoms with van der Waals surface area (Å²) in [7, 11) is 0. The van der Waals surface area contributed by atoms with E-state index < -0.39 is 0 Å². The van der Waals surface area contributed by atoms with Crippen LogP contribution in [0.25, 0.3) is 0 Å². The highest BCUT2D eigenvalue weighted by Crippen LogP contribution is 2.38. The molecule has 0 atom stereocenters. The average Bonchev–Trinajstić information content (AvgIpc) is 3.08. The second-order valence-corrected chi connectivity index (χ2v) is 6.92. The van der Waals surface area contributed by atoms with Crippen molar-refractivity contribution in [2.45, 2.75) is 19.3 Å². The zero-order valence-corrected chi connectivity index (χ0v) is 13.3. The van der Waals surface area contributed by atoms with Crippen molar-refractivity contribution in [1.29, 1.82) is 5.26 Å². The van der Waals surface area contributed by atoms with Crippen LogP contribution in [0.1, 0.15) is 22.4 Å². The fourth-order valence-corrected chi connectivity index (χ4v) is 4.45. The predicted octanol–water partition coefficient (Wildman–Crippen LogP) is -0.167. The number of thiophene rings is 1. The molecule has 0 aromatic carbocycles. The lowest BCUT2D eigenvalue weighted by atomic mass is 10.1. The van der Waals surface area contributed by atoms with Crippen LogP contribution in [0.15, 0.2) is 0 Å². The molecule has 1 aliphatic heterocycles. The molecule has 2 amide bonds. The topological polar surface area (TPSA) is 80.8 Å². The maximum Gasteiger partial charge on any atom is 0.322 e. The molecule has 0 radical (unpaired) electrons. The molecular formula is C15H21N4O2S+. The fraction of sp³-hybridized carbons (Fsp3) is 0.600. The van der Waals surface area contributed by atoms with Gasteiger partial charge in [0.25, 0.3) is 0 Å². The first-order valence-electron chi connectivity index (χ1n) is 7.78. The van der Waals surface area contributed by atoms with E-state index in [0.29, 0.717) is 23.7 Å². The van der Waals surface area contributed by atoms with Crippen LogP contribution >= 0.6 is 11.3 Å².